The number of aliphatic hydroxyl groups is 1. The van der Waals surface area contributed by atoms with Crippen LogP contribution < -0.4 is 5.32 Å². The molecule has 3 aromatic carbocycles. The molecule has 2 N–H and O–H groups in total. The van der Waals surface area contributed by atoms with Crippen LogP contribution >= 0.6 is 11.6 Å². The average molecular weight is 338 g/mol. The summed E-state index contributed by atoms with van der Waals surface area (Å²) >= 11 is 6.25. The lowest BCUT2D eigenvalue weighted by atomic mass is 9.95. The van der Waals surface area contributed by atoms with Crippen LogP contribution in [0, 0.1) is 0 Å². The van der Waals surface area contributed by atoms with Gasteiger partial charge in [0.25, 0.3) is 0 Å². The third kappa shape index (κ3) is 4.04. The molecular weight excluding hydrogens is 318 g/mol. The molecule has 24 heavy (non-hydrogen) atoms. The van der Waals surface area contributed by atoms with Crippen molar-refractivity contribution in [2.75, 3.05) is 0 Å². The van der Waals surface area contributed by atoms with Gasteiger partial charge in [-0.05, 0) is 22.8 Å². The van der Waals surface area contributed by atoms with Crippen LogP contribution in [0.4, 0.5) is 0 Å². The highest BCUT2D eigenvalue weighted by Gasteiger charge is 2.22. The fourth-order valence-electron chi connectivity index (χ4n) is 2.78. The fraction of sp³-hybridized carbons (Fsp3) is 0.143. The molecule has 0 spiro atoms. The number of aliphatic hydroxyl groups excluding tert-OH is 1. The van der Waals surface area contributed by atoms with Crippen molar-refractivity contribution >= 4 is 11.6 Å². The summed E-state index contributed by atoms with van der Waals surface area (Å²) < 4.78 is 0. The molecule has 0 aromatic heterocycles. The number of hydrogen-bond acceptors (Lipinski definition) is 2. The van der Waals surface area contributed by atoms with Crippen LogP contribution in [-0.4, -0.2) is 5.11 Å². The highest BCUT2D eigenvalue weighted by molar-refractivity contribution is 6.31. The summed E-state index contributed by atoms with van der Waals surface area (Å²) in [6.07, 6.45) is -0.643. The lowest BCUT2D eigenvalue weighted by Crippen LogP contribution is -2.27. The zero-order chi connectivity index (χ0) is 16.8. The first-order chi connectivity index (χ1) is 11.8. The van der Waals surface area contributed by atoms with Crippen LogP contribution in [-0.2, 0) is 6.54 Å². The van der Waals surface area contributed by atoms with E-state index in [0.29, 0.717) is 6.54 Å². The van der Waals surface area contributed by atoms with Crippen molar-refractivity contribution in [1.82, 2.24) is 5.32 Å². The van der Waals surface area contributed by atoms with E-state index in [4.69, 9.17) is 11.6 Å². The van der Waals surface area contributed by atoms with Gasteiger partial charge in [-0.3, -0.25) is 0 Å². The molecule has 2 nitrogen and oxygen atoms in total. The first kappa shape index (κ1) is 16.7. The highest BCUT2D eigenvalue weighted by atomic mass is 35.5. The van der Waals surface area contributed by atoms with Crippen LogP contribution in [0.2, 0.25) is 5.02 Å². The minimum absolute atomic E-state index is 0.218. The van der Waals surface area contributed by atoms with Crippen LogP contribution in [0.1, 0.15) is 28.8 Å². The van der Waals surface area contributed by atoms with E-state index in [9.17, 15) is 5.11 Å². The van der Waals surface area contributed by atoms with Gasteiger partial charge in [-0.15, -0.1) is 0 Å². The molecule has 0 heterocycles. The topological polar surface area (TPSA) is 32.3 Å². The van der Waals surface area contributed by atoms with Crippen molar-refractivity contribution in [2.45, 2.75) is 18.7 Å². The van der Waals surface area contributed by atoms with Gasteiger partial charge in [0.15, 0.2) is 0 Å². The zero-order valence-corrected chi connectivity index (χ0v) is 14.0. The lowest BCUT2D eigenvalue weighted by molar-refractivity contribution is 0.127. The molecular formula is C21H20ClNO. The average Bonchev–Trinajstić information content (AvgIpc) is 2.65. The first-order valence-corrected chi connectivity index (χ1v) is 8.38. The number of rotatable bonds is 6. The van der Waals surface area contributed by atoms with Crippen molar-refractivity contribution in [2.24, 2.45) is 0 Å². The maximum absolute atomic E-state index is 10.9. The second kappa shape index (κ2) is 8.11. The van der Waals surface area contributed by atoms with Crippen molar-refractivity contribution in [3.8, 4) is 0 Å². The van der Waals surface area contributed by atoms with Gasteiger partial charge in [0.2, 0.25) is 0 Å². The van der Waals surface area contributed by atoms with E-state index in [1.165, 1.54) is 0 Å². The molecule has 0 bridgehead atoms. The van der Waals surface area contributed by atoms with E-state index in [0.717, 1.165) is 21.7 Å². The summed E-state index contributed by atoms with van der Waals surface area (Å²) in [6, 6.07) is 27.2. The smallest absolute Gasteiger partial charge is 0.0984 e. The molecule has 0 radical (unpaired) electrons. The SMILES string of the molecule is O[C@@H](c1ccccc1)[C@@H](NCc1ccccc1Cl)c1ccccc1. The Morgan fingerprint density at radius 1 is 0.750 bits per heavy atom. The predicted octanol–water partition coefficient (Wildman–Crippen LogP) is 4.90. The summed E-state index contributed by atoms with van der Waals surface area (Å²) in [5.41, 5.74) is 2.94. The van der Waals surface area contributed by atoms with Crippen molar-refractivity contribution in [3.63, 3.8) is 0 Å². The summed E-state index contributed by atoms with van der Waals surface area (Å²) in [5.74, 6) is 0. The second-order valence-corrected chi connectivity index (χ2v) is 6.12. The number of halogens is 1. The van der Waals surface area contributed by atoms with Crippen LogP contribution in [0.15, 0.2) is 84.9 Å². The third-order valence-corrected chi connectivity index (χ3v) is 4.45. The van der Waals surface area contributed by atoms with E-state index in [1.54, 1.807) is 0 Å². The summed E-state index contributed by atoms with van der Waals surface area (Å²) in [4.78, 5) is 0. The quantitative estimate of drug-likeness (QED) is 0.670. The Kier molecular flexibility index (Phi) is 5.65. The Balaban J connectivity index is 1.84. The molecule has 3 heteroatoms. The lowest BCUT2D eigenvalue weighted by Gasteiger charge is -2.25. The van der Waals surface area contributed by atoms with Gasteiger partial charge >= 0.3 is 0 Å². The van der Waals surface area contributed by atoms with Gasteiger partial charge in [-0.25, -0.2) is 0 Å². The Labute approximate surface area is 147 Å². The normalized spacial score (nSPS) is 13.4. The second-order valence-electron chi connectivity index (χ2n) is 5.72. The van der Waals surface area contributed by atoms with E-state index in [2.05, 4.69) is 5.32 Å². The molecule has 122 valence electrons. The molecule has 0 aliphatic heterocycles. The van der Waals surface area contributed by atoms with Crippen molar-refractivity contribution in [1.29, 1.82) is 0 Å². The predicted molar refractivity (Wildman–Crippen MR) is 98.9 cm³/mol. The van der Waals surface area contributed by atoms with Crippen LogP contribution in [0.3, 0.4) is 0 Å². The molecule has 0 amide bonds. The third-order valence-electron chi connectivity index (χ3n) is 4.09. The molecule has 2 atom stereocenters. The molecule has 3 aromatic rings. The van der Waals surface area contributed by atoms with Gasteiger partial charge in [-0.2, -0.15) is 0 Å². The summed E-state index contributed by atoms with van der Waals surface area (Å²) in [5, 5.41) is 15.1. The van der Waals surface area contributed by atoms with Gasteiger partial charge in [0, 0.05) is 11.6 Å². The number of benzene rings is 3. The van der Waals surface area contributed by atoms with Crippen molar-refractivity contribution in [3.05, 3.63) is 107 Å². The van der Waals surface area contributed by atoms with Gasteiger partial charge in [0.1, 0.15) is 0 Å². The largest absolute Gasteiger partial charge is 0.386 e. The minimum atomic E-state index is -0.643. The van der Waals surface area contributed by atoms with E-state index in [-0.39, 0.29) is 6.04 Å². The fourth-order valence-corrected chi connectivity index (χ4v) is 2.98. The molecule has 0 saturated heterocycles. The molecule has 3 rings (SSSR count). The zero-order valence-electron chi connectivity index (χ0n) is 13.3. The molecule has 0 unspecified atom stereocenters. The maximum Gasteiger partial charge on any atom is 0.0984 e. The first-order valence-electron chi connectivity index (χ1n) is 8.00. The van der Waals surface area contributed by atoms with Crippen LogP contribution in [0.25, 0.3) is 0 Å². The number of hydrogen-bond donors (Lipinski definition) is 2. The molecule has 0 aliphatic rings. The Hall–Kier alpha value is -2.13. The Morgan fingerprint density at radius 2 is 1.29 bits per heavy atom. The highest BCUT2D eigenvalue weighted by Crippen LogP contribution is 2.29. The van der Waals surface area contributed by atoms with E-state index >= 15 is 0 Å². The summed E-state index contributed by atoms with van der Waals surface area (Å²) in [6.45, 7) is 0.586. The standard InChI is InChI=1S/C21H20ClNO/c22-19-14-8-7-13-18(19)15-23-20(16-9-3-1-4-10-16)21(24)17-11-5-2-6-12-17/h1-14,20-21,23-24H,15H2/t20-,21-/m0/s1. The van der Waals surface area contributed by atoms with Gasteiger partial charge in [0.05, 0.1) is 12.1 Å². The van der Waals surface area contributed by atoms with Gasteiger partial charge in [-0.1, -0.05) is 90.5 Å². The minimum Gasteiger partial charge on any atom is -0.386 e. The van der Waals surface area contributed by atoms with E-state index < -0.39 is 6.10 Å². The molecule has 0 saturated carbocycles. The van der Waals surface area contributed by atoms with Gasteiger partial charge < -0.3 is 10.4 Å². The molecule has 0 fully saturated rings. The monoisotopic (exact) mass is 337 g/mol. The molecule has 0 aliphatic carbocycles. The Morgan fingerprint density at radius 3 is 1.92 bits per heavy atom. The summed E-state index contributed by atoms with van der Waals surface area (Å²) in [7, 11) is 0. The Bertz CT molecular complexity index is 761. The van der Waals surface area contributed by atoms with Crippen molar-refractivity contribution < 1.29 is 5.11 Å². The van der Waals surface area contributed by atoms with E-state index in [1.807, 2.05) is 84.9 Å². The van der Waals surface area contributed by atoms with Crippen LogP contribution in [0.5, 0.6) is 0 Å². The number of nitrogens with one attached hydrogen (secondary N) is 1. The maximum atomic E-state index is 10.9.